The molecule has 13 heavy (non-hydrogen) atoms. The number of ether oxygens (including phenoxy) is 1. The zero-order chi connectivity index (χ0) is 9.90. The van der Waals surface area contributed by atoms with Crippen molar-refractivity contribution in [3.63, 3.8) is 0 Å². The van der Waals surface area contributed by atoms with Gasteiger partial charge in [0.15, 0.2) is 0 Å². The Labute approximate surface area is 78.5 Å². The molecule has 3 heteroatoms. The summed E-state index contributed by atoms with van der Waals surface area (Å²) < 4.78 is 18.2. The van der Waals surface area contributed by atoms with Gasteiger partial charge >= 0.3 is 5.97 Å². The number of halogens is 1. The third kappa shape index (κ3) is 2.98. The highest BCUT2D eigenvalue weighted by atomic mass is 19.1. The Bertz CT molecular complexity index is 179. The molecule has 0 heterocycles. The van der Waals surface area contributed by atoms with Gasteiger partial charge in [0.2, 0.25) is 0 Å². The van der Waals surface area contributed by atoms with Crippen LogP contribution < -0.4 is 0 Å². The van der Waals surface area contributed by atoms with E-state index in [1.165, 1.54) is 0 Å². The van der Waals surface area contributed by atoms with Gasteiger partial charge in [-0.3, -0.25) is 4.79 Å². The third-order valence-corrected chi connectivity index (χ3v) is 2.65. The molecule has 2 nitrogen and oxygen atoms in total. The lowest BCUT2D eigenvalue weighted by molar-refractivity contribution is -0.150. The number of hydrogen-bond donors (Lipinski definition) is 0. The second-order valence-electron chi connectivity index (χ2n) is 3.94. The number of hydrogen-bond acceptors (Lipinski definition) is 2. The average Bonchev–Trinajstić information content (AvgIpc) is 2.04. The molecule has 0 unspecified atom stereocenters. The monoisotopic (exact) mass is 188 g/mol. The van der Waals surface area contributed by atoms with Crippen LogP contribution in [0.3, 0.4) is 0 Å². The first kappa shape index (κ1) is 10.5. The van der Waals surface area contributed by atoms with Gasteiger partial charge in [-0.05, 0) is 39.5 Å². The predicted molar refractivity (Wildman–Crippen MR) is 48.1 cm³/mol. The minimum Gasteiger partial charge on any atom is -0.466 e. The zero-order valence-electron chi connectivity index (χ0n) is 8.31. The van der Waals surface area contributed by atoms with E-state index in [0.717, 1.165) is 0 Å². The van der Waals surface area contributed by atoms with Gasteiger partial charge in [0.25, 0.3) is 0 Å². The Hall–Kier alpha value is -0.600. The molecule has 0 bridgehead atoms. The lowest BCUT2D eigenvalue weighted by Crippen LogP contribution is -2.30. The van der Waals surface area contributed by atoms with Gasteiger partial charge in [0.1, 0.15) is 5.67 Å². The van der Waals surface area contributed by atoms with E-state index in [9.17, 15) is 9.18 Å². The first-order valence-electron chi connectivity index (χ1n) is 4.91. The Morgan fingerprint density at radius 2 is 2.08 bits per heavy atom. The van der Waals surface area contributed by atoms with E-state index in [1.807, 2.05) is 0 Å². The van der Waals surface area contributed by atoms with Crippen LogP contribution in [0.5, 0.6) is 0 Å². The quantitative estimate of drug-likeness (QED) is 0.622. The van der Waals surface area contributed by atoms with Gasteiger partial charge in [-0.2, -0.15) is 0 Å². The molecule has 0 aromatic rings. The number of carbonyl (C=O) groups excluding carboxylic acids is 1. The van der Waals surface area contributed by atoms with Crippen molar-refractivity contribution < 1.29 is 13.9 Å². The molecule has 0 aromatic heterocycles. The van der Waals surface area contributed by atoms with E-state index in [4.69, 9.17) is 4.74 Å². The van der Waals surface area contributed by atoms with Gasteiger partial charge in [0, 0.05) is 0 Å². The van der Waals surface area contributed by atoms with Crippen molar-refractivity contribution in [2.24, 2.45) is 5.92 Å². The van der Waals surface area contributed by atoms with E-state index in [2.05, 4.69) is 0 Å². The summed E-state index contributed by atoms with van der Waals surface area (Å²) in [6.45, 7) is 3.82. The van der Waals surface area contributed by atoms with Crippen LogP contribution in [-0.2, 0) is 9.53 Å². The second-order valence-corrected chi connectivity index (χ2v) is 3.94. The van der Waals surface area contributed by atoms with Crippen molar-refractivity contribution in [2.45, 2.75) is 45.2 Å². The molecule has 0 amide bonds. The zero-order valence-corrected chi connectivity index (χ0v) is 8.31. The Morgan fingerprint density at radius 1 is 1.54 bits per heavy atom. The van der Waals surface area contributed by atoms with Crippen LogP contribution >= 0.6 is 0 Å². The van der Waals surface area contributed by atoms with Gasteiger partial charge in [0.05, 0.1) is 12.5 Å². The lowest BCUT2D eigenvalue weighted by Gasteiger charge is -2.29. The van der Waals surface area contributed by atoms with Crippen LogP contribution in [0, 0.1) is 5.92 Å². The maximum atomic E-state index is 13.3. The van der Waals surface area contributed by atoms with Gasteiger partial charge in [-0.15, -0.1) is 0 Å². The summed E-state index contributed by atoms with van der Waals surface area (Å²) in [5.41, 5.74) is -1.07. The highest BCUT2D eigenvalue weighted by molar-refractivity contribution is 5.72. The van der Waals surface area contributed by atoms with Crippen LogP contribution in [0.15, 0.2) is 0 Å². The number of rotatable bonds is 2. The molecule has 1 aliphatic rings. The van der Waals surface area contributed by atoms with E-state index in [1.54, 1.807) is 13.8 Å². The fourth-order valence-corrected chi connectivity index (χ4v) is 1.72. The molecule has 0 radical (unpaired) electrons. The Morgan fingerprint density at radius 3 is 2.54 bits per heavy atom. The van der Waals surface area contributed by atoms with Crippen molar-refractivity contribution in [3.8, 4) is 0 Å². The normalized spacial score (nSPS) is 34.2. The van der Waals surface area contributed by atoms with Crippen molar-refractivity contribution >= 4 is 5.97 Å². The molecule has 1 rings (SSSR count). The largest absolute Gasteiger partial charge is 0.466 e. The van der Waals surface area contributed by atoms with Crippen molar-refractivity contribution in [1.29, 1.82) is 0 Å². The highest BCUT2D eigenvalue weighted by Gasteiger charge is 2.34. The van der Waals surface area contributed by atoms with Gasteiger partial charge in [-0.25, -0.2) is 4.39 Å². The molecule has 76 valence electrons. The molecule has 0 spiro atoms. The molecule has 0 N–H and O–H groups in total. The smallest absolute Gasteiger partial charge is 0.308 e. The molecule has 1 aliphatic carbocycles. The summed E-state index contributed by atoms with van der Waals surface area (Å²) in [5, 5.41) is 0. The molecular formula is C10H17FO2. The highest BCUT2D eigenvalue weighted by Crippen LogP contribution is 2.34. The summed E-state index contributed by atoms with van der Waals surface area (Å²) in [7, 11) is 0. The fraction of sp³-hybridized carbons (Fsp3) is 0.900. The molecular weight excluding hydrogens is 171 g/mol. The average molecular weight is 188 g/mol. The summed E-state index contributed by atoms with van der Waals surface area (Å²) in [4.78, 5) is 11.3. The van der Waals surface area contributed by atoms with E-state index >= 15 is 0 Å². The van der Waals surface area contributed by atoms with Crippen LogP contribution in [0.4, 0.5) is 4.39 Å². The van der Waals surface area contributed by atoms with Crippen LogP contribution in [0.1, 0.15) is 39.5 Å². The fourth-order valence-electron chi connectivity index (χ4n) is 1.72. The number of esters is 1. The summed E-state index contributed by atoms with van der Waals surface area (Å²) in [5.74, 6) is -0.221. The maximum absolute atomic E-state index is 13.3. The van der Waals surface area contributed by atoms with Gasteiger partial charge < -0.3 is 4.74 Å². The molecule has 0 saturated heterocycles. The van der Waals surface area contributed by atoms with E-state index < -0.39 is 5.67 Å². The van der Waals surface area contributed by atoms with Crippen LogP contribution in [0.25, 0.3) is 0 Å². The minimum atomic E-state index is -1.07. The van der Waals surface area contributed by atoms with E-state index in [-0.39, 0.29) is 11.9 Å². The molecule has 1 saturated carbocycles. The Balaban J connectivity index is 2.36. The molecule has 0 aromatic carbocycles. The third-order valence-electron chi connectivity index (χ3n) is 2.65. The van der Waals surface area contributed by atoms with Crippen molar-refractivity contribution in [2.75, 3.05) is 6.61 Å². The van der Waals surface area contributed by atoms with Crippen LogP contribution in [-0.4, -0.2) is 18.2 Å². The first-order chi connectivity index (χ1) is 6.05. The summed E-state index contributed by atoms with van der Waals surface area (Å²) >= 11 is 0. The summed E-state index contributed by atoms with van der Waals surface area (Å²) in [6, 6.07) is 0. The van der Waals surface area contributed by atoms with Crippen molar-refractivity contribution in [1.82, 2.24) is 0 Å². The molecule has 0 aliphatic heterocycles. The molecule has 1 fully saturated rings. The topological polar surface area (TPSA) is 26.3 Å². The Kier molecular flexibility index (Phi) is 3.28. The first-order valence-corrected chi connectivity index (χ1v) is 4.91. The lowest BCUT2D eigenvalue weighted by atomic mass is 9.81. The van der Waals surface area contributed by atoms with Gasteiger partial charge in [-0.1, -0.05) is 0 Å². The summed E-state index contributed by atoms with van der Waals surface area (Å²) in [6.07, 6.45) is 2.23. The number of carbonyl (C=O) groups is 1. The standard InChI is InChI=1S/C10H17FO2/c1-3-13-9(12)8-4-6-10(2,11)7-5-8/h8H,3-7H2,1-2H3/t8-,10-. The SMILES string of the molecule is CCOC(=O)[C@H]1CC[C@](C)(F)CC1. The maximum Gasteiger partial charge on any atom is 0.308 e. The minimum absolute atomic E-state index is 0.0659. The van der Waals surface area contributed by atoms with Crippen LogP contribution in [0.2, 0.25) is 0 Å². The molecule has 0 atom stereocenters. The predicted octanol–water partition coefficient (Wildman–Crippen LogP) is 2.47. The van der Waals surface area contributed by atoms with E-state index in [0.29, 0.717) is 32.3 Å². The second kappa shape index (κ2) is 4.07. The van der Waals surface area contributed by atoms with Crippen molar-refractivity contribution in [3.05, 3.63) is 0 Å². The number of alkyl halides is 1.